The molecular formula is C28H29F4N9O4. The number of carbonyl (C=O) groups is 2. The summed E-state index contributed by atoms with van der Waals surface area (Å²) in [5.74, 6) is -4.07. The molecule has 238 valence electrons. The first-order valence-corrected chi connectivity index (χ1v) is 13.7. The summed E-state index contributed by atoms with van der Waals surface area (Å²) >= 11 is 0. The number of rotatable bonds is 9. The molecule has 0 radical (unpaired) electrons. The van der Waals surface area contributed by atoms with Crippen molar-refractivity contribution in [2.75, 3.05) is 30.3 Å². The average molecular weight is 632 g/mol. The smallest absolute Gasteiger partial charge is 0.330 e. The Morgan fingerprint density at radius 3 is 2.67 bits per heavy atom. The van der Waals surface area contributed by atoms with Crippen LogP contribution in [0.4, 0.5) is 29.1 Å². The van der Waals surface area contributed by atoms with Gasteiger partial charge >= 0.3 is 5.97 Å². The number of anilines is 2. The van der Waals surface area contributed by atoms with Crippen LogP contribution in [0.15, 0.2) is 37.1 Å². The van der Waals surface area contributed by atoms with Crippen molar-refractivity contribution < 1.29 is 37.0 Å². The van der Waals surface area contributed by atoms with Crippen LogP contribution >= 0.6 is 0 Å². The summed E-state index contributed by atoms with van der Waals surface area (Å²) < 4.78 is 63.7. The maximum Gasteiger partial charge on any atom is 0.330 e. The number of aliphatic hydroxyl groups is 1. The zero-order chi connectivity index (χ0) is 32.5. The van der Waals surface area contributed by atoms with Crippen LogP contribution in [-0.2, 0) is 16.1 Å². The molecule has 1 aliphatic rings. The van der Waals surface area contributed by atoms with E-state index in [4.69, 9.17) is 16.2 Å². The predicted molar refractivity (Wildman–Crippen MR) is 153 cm³/mol. The lowest BCUT2D eigenvalue weighted by molar-refractivity contribution is -0.135. The lowest BCUT2D eigenvalue weighted by atomic mass is 9.84. The second-order valence-electron chi connectivity index (χ2n) is 10.7. The second-order valence-corrected chi connectivity index (χ2v) is 10.7. The molecule has 2 atom stereocenters. The number of piperidine rings is 1. The van der Waals surface area contributed by atoms with Gasteiger partial charge in [0.2, 0.25) is 5.91 Å². The Balaban J connectivity index is 1.53. The number of alkyl halides is 2. The Morgan fingerprint density at radius 1 is 1.16 bits per heavy atom. The van der Waals surface area contributed by atoms with Crippen molar-refractivity contribution in [1.29, 1.82) is 0 Å². The van der Waals surface area contributed by atoms with E-state index < -0.39 is 53.9 Å². The molecule has 4 aromatic rings. The third kappa shape index (κ3) is 6.63. The van der Waals surface area contributed by atoms with Crippen LogP contribution in [-0.4, -0.2) is 79.2 Å². The minimum atomic E-state index is -3.05. The molecule has 0 aliphatic carbocycles. The number of nitrogens with two attached hydrogens (primary N) is 2. The van der Waals surface area contributed by atoms with E-state index in [-0.39, 0.29) is 36.6 Å². The van der Waals surface area contributed by atoms with Crippen LogP contribution in [0.2, 0.25) is 0 Å². The number of esters is 1. The summed E-state index contributed by atoms with van der Waals surface area (Å²) in [7, 11) is 0. The highest BCUT2D eigenvalue weighted by atomic mass is 19.3. The van der Waals surface area contributed by atoms with Crippen LogP contribution in [0.3, 0.4) is 0 Å². The number of pyridine rings is 1. The van der Waals surface area contributed by atoms with Crippen molar-refractivity contribution in [2.45, 2.75) is 44.4 Å². The molecule has 5 rings (SSSR count). The van der Waals surface area contributed by atoms with Gasteiger partial charge in [-0.25, -0.2) is 37.3 Å². The van der Waals surface area contributed by atoms with E-state index in [1.54, 1.807) is 9.47 Å². The van der Waals surface area contributed by atoms with Gasteiger partial charge in [-0.3, -0.25) is 9.78 Å². The van der Waals surface area contributed by atoms with E-state index >= 15 is 4.39 Å². The van der Waals surface area contributed by atoms with Gasteiger partial charge in [-0.2, -0.15) is 0 Å². The molecule has 3 aromatic heterocycles. The zero-order valence-corrected chi connectivity index (χ0v) is 23.9. The molecule has 1 aliphatic heterocycles. The van der Waals surface area contributed by atoms with Crippen LogP contribution in [0.5, 0.6) is 5.75 Å². The number of nitrogen functional groups attached to an aromatic ring is 1. The van der Waals surface area contributed by atoms with Crippen molar-refractivity contribution in [2.24, 2.45) is 5.73 Å². The number of amides is 1. The van der Waals surface area contributed by atoms with Crippen molar-refractivity contribution in [3.63, 3.8) is 0 Å². The number of aliphatic hydroxyl groups excluding tert-OH is 1. The number of ether oxygens (including phenoxy) is 1. The SMILES string of the molecule is CC(=O)NCC(=O)Oc1cc(F)c(-c2cc(Cn3cnc4c(N)ncnc43)c(N3CCC[C@](N)([C@H](O)C(F)F)C3)cn2)cc1F. The van der Waals surface area contributed by atoms with E-state index in [9.17, 15) is 27.9 Å². The maximum absolute atomic E-state index is 15.3. The standard InChI is InChI=1S/C28H29F4N9O4/c1-14(42)35-9-22(43)45-21-7-17(29)16(6-18(21)30)19-5-15(10-41-13-39-23-26(33)37-12-38-27(23)41)20(8-36-19)40-4-2-3-28(34,11-40)24(44)25(31)32/h5-8,12-13,24-25,44H,2-4,9-11,34H2,1H3,(H,35,42)(H2,33,37,38)/t24-,28-/m1/s1. The largest absolute Gasteiger partial charge is 0.422 e. The fourth-order valence-electron chi connectivity index (χ4n) is 5.22. The molecule has 13 nitrogen and oxygen atoms in total. The van der Waals surface area contributed by atoms with Crippen LogP contribution in [0.25, 0.3) is 22.4 Å². The Kier molecular flexibility index (Phi) is 8.83. The Morgan fingerprint density at radius 2 is 1.93 bits per heavy atom. The number of aromatic nitrogens is 5. The third-order valence-corrected chi connectivity index (χ3v) is 7.46. The maximum atomic E-state index is 15.3. The van der Waals surface area contributed by atoms with E-state index in [2.05, 4.69) is 25.3 Å². The van der Waals surface area contributed by atoms with Gasteiger partial charge in [-0.15, -0.1) is 0 Å². The van der Waals surface area contributed by atoms with Gasteiger partial charge in [-0.1, -0.05) is 0 Å². The first-order valence-electron chi connectivity index (χ1n) is 13.7. The first kappa shape index (κ1) is 31.5. The molecule has 17 heteroatoms. The lowest BCUT2D eigenvalue weighted by Crippen LogP contribution is -2.63. The number of hydrogen-bond donors (Lipinski definition) is 4. The monoisotopic (exact) mass is 631 g/mol. The van der Waals surface area contributed by atoms with Gasteiger partial charge in [0.05, 0.1) is 36.0 Å². The first-order chi connectivity index (χ1) is 21.4. The fraction of sp³-hybridized carbons (Fsp3) is 0.357. The summed E-state index contributed by atoms with van der Waals surface area (Å²) in [4.78, 5) is 41.4. The topological polar surface area (TPSA) is 187 Å². The van der Waals surface area contributed by atoms with Crippen LogP contribution < -0.4 is 26.4 Å². The molecule has 45 heavy (non-hydrogen) atoms. The van der Waals surface area contributed by atoms with Crippen molar-refractivity contribution in [3.05, 3.63) is 54.2 Å². The highest BCUT2D eigenvalue weighted by Crippen LogP contribution is 2.35. The molecule has 1 aromatic carbocycles. The van der Waals surface area contributed by atoms with Gasteiger partial charge in [0, 0.05) is 31.6 Å². The zero-order valence-electron chi connectivity index (χ0n) is 23.9. The Hall–Kier alpha value is -4.90. The summed E-state index contributed by atoms with van der Waals surface area (Å²) in [5, 5.41) is 12.4. The van der Waals surface area contributed by atoms with Gasteiger partial charge in [0.1, 0.15) is 30.3 Å². The van der Waals surface area contributed by atoms with Crippen molar-refractivity contribution in [3.8, 4) is 17.0 Å². The quantitative estimate of drug-likeness (QED) is 0.120. The summed E-state index contributed by atoms with van der Waals surface area (Å²) in [6.07, 6.45) is -0.471. The molecule has 0 unspecified atom stereocenters. The van der Waals surface area contributed by atoms with E-state index in [1.807, 2.05) is 0 Å². The molecule has 0 bridgehead atoms. The Labute approximate surface area is 253 Å². The molecule has 0 spiro atoms. The van der Waals surface area contributed by atoms with Gasteiger partial charge in [-0.05, 0) is 30.5 Å². The number of halogens is 4. The number of carbonyl (C=O) groups excluding carboxylic acids is 2. The number of hydrogen-bond acceptors (Lipinski definition) is 11. The van der Waals surface area contributed by atoms with Gasteiger partial charge in [0.15, 0.2) is 23.0 Å². The van der Waals surface area contributed by atoms with E-state index in [0.29, 0.717) is 41.4 Å². The minimum Gasteiger partial charge on any atom is -0.422 e. The van der Waals surface area contributed by atoms with Crippen LogP contribution in [0.1, 0.15) is 25.3 Å². The van der Waals surface area contributed by atoms with E-state index in [0.717, 1.165) is 6.07 Å². The third-order valence-electron chi connectivity index (χ3n) is 7.46. The molecule has 6 N–H and O–H groups in total. The highest BCUT2D eigenvalue weighted by molar-refractivity contribution is 5.82. The lowest BCUT2D eigenvalue weighted by Gasteiger charge is -2.44. The molecule has 1 fully saturated rings. The minimum absolute atomic E-state index is 0.00321. The number of nitrogens with zero attached hydrogens (tertiary/aromatic N) is 6. The van der Waals surface area contributed by atoms with Crippen molar-refractivity contribution >= 4 is 34.5 Å². The fourth-order valence-corrected chi connectivity index (χ4v) is 5.22. The summed E-state index contributed by atoms with van der Waals surface area (Å²) in [6, 6.07) is 2.99. The summed E-state index contributed by atoms with van der Waals surface area (Å²) in [6.45, 7) is 0.959. The number of fused-ring (bicyclic) bond motifs is 1. The van der Waals surface area contributed by atoms with Crippen molar-refractivity contribution in [1.82, 2.24) is 29.8 Å². The second kappa shape index (κ2) is 12.6. The van der Waals surface area contributed by atoms with Crippen LogP contribution in [0, 0.1) is 11.6 Å². The molecule has 1 saturated heterocycles. The van der Waals surface area contributed by atoms with E-state index in [1.165, 1.54) is 31.8 Å². The molecular weight excluding hydrogens is 602 g/mol. The molecule has 4 heterocycles. The number of imidazole rings is 1. The number of benzene rings is 1. The number of nitrogens with one attached hydrogen (secondary N) is 1. The van der Waals surface area contributed by atoms with Gasteiger partial charge < -0.3 is 36.1 Å². The average Bonchev–Trinajstić information content (AvgIpc) is 3.41. The normalized spacial score (nSPS) is 17.5. The summed E-state index contributed by atoms with van der Waals surface area (Å²) in [5.41, 5.74) is 12.0. The predicted octanol–water partition coefficient (Wildman–Crippen LogP) is 1.76. The molecule has 1 amide bonds. The van der Waals surface area contributed by atoms with Gasteiger partial charge in [0.25, 0.3) is 6.43 Å². The Bertz CT molecular complexity index is 1750. The highest BCUT2D eigenvalue weighted by Gasteiger charge is 2.43. The molecule has 0 saturated carbocycles.